The van der Waals surface area contributed by atoms with E-state index in [1.807, 2.05) is 6.92 Å². The summed E-state index contributed by atoms with van der Waals surface area (Å²) in [4.78, 5) is 70.1. The first-order valence-corrected chi connectivity index (χ1v) is 14.1. The Morgan fingerprint density at radius 3 is 1.37 bits per heavy atom. The van der Waals surface area contributed by atoms with Crippen molar-refractivity contribution in [2.45, 2.75) is 64.0 Å². The maximum absolute atomic E-state index is 11.9. The molecule has 0 aromatic rings. The van der Waals surface area contributed by atoms with Crippen molar-refractivity contribution in [3.05, 3.63) is 0 Å². The Labute approximate surface area is 233 Å². The lowest BCUT2D eigenvalue weighted by molar-refractivity contribution is -0.148. The monoisotopic (exact) mass is 598 g/mol. The molecule has 0 aliphatic carbocycles. The molecule has 0 aromatic heterocycles. The molecule has 0 aliphatic rings. The molecular formula is C23H34O12S3. The first-order valence-electron chi connectivity index (χ1n) is 11.8. The van der Waals surface area contributed by atoms with Gasteiger partial charge in [0.25, 0.3) is 0 Å². The van der Waals surface area contributed by atoms with E-state index in [1.165, 1.54) is 18.7 Å². The fraction of sp³-hybridized carbons (Fsp3) is 0.696. The summed E-state index contributed by atoms with van der Waals surface area (Å²) in [6, 6.07) is 0. The molecule has 0 spiro atoms. The van der Waals surface area contributed by atoms with Gasteiger partial charge in [0.05, 0.1) is 29.6 Å². The highest BCUT2D eigenvalue weighted by Gasteiger charge is 2.37. The van der Waals surface area contributed by atoms with Gasteiger partial charge in [0.1, 0.15) is 8.78 Å². The van der Waals surface area contributed by atoms with E-state index in [4.69, 9.17) is 17.3 Å². The number of hydrogen-bond acceptors (Lipinski definition) is 9. The standard InChI is InChI=1S/C23H34O12S3/c1-3-4-5-37-23(36)38-16(22(34)35)10-15(21(32)33)9-14(20(30)31)8-13(19(28)29)7-12(18(26)27)6-11(2)17(24)25/h11-16H,3-10H2,1-2H3,(H,24,25)(H,26,27)(H,28,29)(H,30,31)(H,32,33)(H,34,35). The number of thiocarbonyl (C=S) groups is 1. The van der Waals surface area contributed by atoms with Crippen molar-refractivity contribution >= 4 is 75.1 Å². The quantitative estimate of drug-likeness (QED) is 0.0871. The summed E-state index contributed by atoms with van der Waals surface area (Å²) >= 11 is 7.24. The lowest BCUT2D eigenvalue weighted by atomic mass is 9.80. The van der Waals surface area contributed by atoms with Crippen LogP contribution in [0, 0.1) is 29.6 Å². The number of carbonyl (C=O) groups is 6. The topological polar surface area (TPSA) is 224 Å². The number of rotatable bonds is 20. The maximum atomic E-state index is 11.9. The third-order valence-corrected chi connectivity index (χ3v) is 8.78. The summed E-state index contributed by atoms with van der Waals surface area (Å²) in [6.07, 6.45) is -0.835. The first-order chi connectivity index (χ1) is 17.6. The van der Waals surface area contributed by atoms with Gasteiger partial charge in [-0.15, -0.1) is 11.8 Å². The maximum Gasteiger partial charge on any atom is 0.317 e. The molecule has 6 unspecified atom stereocenters. The smallest absolute Gasteiger partial charge is 0.317 e. The van der Waals surface area contributed by atoms with E-state index in [2.05, 4.69) is 0 Å². The van der Waals surface area contributed by atoms with Gasteiger partial charge in [-0.2, -0.15) is 0 Å². The fourth-order valence-electron chi connectivity index (χ4n) is 3.66. The lowest BCUT2D eigenvalue weighted by Gasteiger charge is -2.24. The molecule has 6 N–H and O–H groups in total. The Hall–Kier alpha value is -2.39. The second-order valence-corrected chi connectivity index (χ2v) is 12.5. The third-order valence-electron chi connectivity index (χ3n) is 5.89. The molecule has 0 fully saturated rings. The molecule has 12 nitrogen and oxygen atoms in total. The Bertz CT molecular complexity index is 878. The number of aliphatic carboxylic acids is 6. The molecule has 0 amide bonds. The van der Waals surface area contributed by atoms with Gasteiger partial charge in [-0.3, -0.25) is 28.8 Å². The minimum atomic E-state index is -1.53. The van der Waals surface area contributed by atoms with Crippen molar-refractivity contribution in [3.63, 3.8) is 0 Å². The van der Waals surface area contributed by atoms with Crippen LogP contribution in [0.25, 0.3) is 0 Å². The molecular weight excluding hydrogens is 564 g/mol. The van der Waals surface area contributed by atoms with Gasteiger partial charge in [-0.1, -0.05) is 44.2 Å². The van der Waals surface area contributed by atoms with E-state index in [0.29, 0.717) is 9.28 Å². The first kappa shape index (κ1) is 35.6. The van der Waals surface area contributed by atoms with Gasteiger partial charge in [0, 0.05) is 0 Å². The predicted molar refractivity (Wildman–Crippen MR) is 143 cm³/mol. The molecule has 0 saturated heterocycles. The van der Waals surface area contributed by atoms with E-state index in [0.717, 1.165) is 24.6 Å². The van der Waals surface area contributed by atoms with Crippen LogP contribution in [0.5, 0.6) is 0 Å². The molecule has 0 aliphatic heterocycles. The highest BCUT2D eigenvalue weighted by Crippen LogP contribution is 2.33. The van der Waals surface area contributed by atoms with Gasteiger partial charge in [-0.05, 0) is 44.3 Å². The van der Waals surface area contributed by atoms with E-state index >= 15 is 0 Å². The summed E-state index contributed by atoms with van der Waals surface area (Å²) in [5, 5.41) is 55.8. The van der Waals surface area contributed by atoms with Crippen LogP contribution < -0.4 is 0 Å². The molecule has 216 valence electrons. The number of carboxylic acids is 6. The highest BCUT2D eigenvalue weighted by molar-refractivity contribution is 8.47. The van der Waals surface area contributed by atoms with E-state index in [9.17, 15) is 54.3 Å². The summed E-state index contributed by atoms with van der Waals surface area (Å²) in [7, 11) is 0. The van der Waals surface area contributed by atoms with Crippen molar-refractivity contribution in [2.24, 2.45) is 29.6 Å². The van der Waals surface area contributed by atoms with Crippen LogP contribution in [0.4, 0.5) is 0 Å². The second-order valence-electron chi connectivity index (χ2n) is 8.96. The van der Waals surface area contributed by atoms with E-state index in [1.54, 1.807) is 0 Å². The lowest BCUT2D eigenvalue weighted by Crippen LogP contribution is -2.32. The molecule has 0 radical (unpaired) electrons. The average molecular weight is 599 g/mol. The summed E-state index contributed by atoms with van der Waals surface area (Å²) in [5.74, 6) is -14.8. The molecule has 6 atom stereocenters. The summed E-state index contributed by atoms with van der Waals surface area (Å²) < 4.78 is 0.311. The van der Waals surface area contributed by atoms with Crippen molar-refractivity contribution < 1.29 is 59.4 Å². The molecule has 0 heterocycles. The number of hydrogen-bond donors (Lipinski definition) is 6. The van der Waals surface area contributed by atoms with Crippen LogP contribution in [-0.4, -0.2) is 81.0 Å². The Balaban J connectivity index is 5.66. The van der Waals surface area contributed by atoms with Crippen LogP contribution in [0.15, 0.2) is 0 Å². The van der Waals surface area contributed by atoms with Crippen LogP contribution in [0.1, 0.15) is 58.8 Å². The van der Waals surface area contributed by atoms with Gasteiger partial charge in [-0.25, -0.2) is 0 Å². The van der Waals surface area contributed by atoms with Crippen molar-refractivity contribution in [3.8, 4) is 0 Å². The average Bonchev–Trinajstić information content (AvgIpc) is 2.80. The highest BCUT2D eigenvalue weighted by atomic mass is 32.2. The predicted octanol–water partition coefficient (Wildman–Crippen LogP) is 3.47. The molecule has 0 bridgehead atoms. The normalized spacial score (nSPS) is 15.8. The van der Waals surface area contributed by atoms with Crippen molar-refractivity contribution in [1.29, 1.82) is 0 Å². The van der Waals surface area contributed by atoms with Crippen molar-refractivity contribution in [1.82, 2.24) is 0 Å². The van der Waals surface area contributed by atoms with Crippen LogP contribution in [0.3, 0.4) is 0 Å². The second kappa shape index (κ2) is 18.0. The molecule has 0 rings (SSSR count). The molecule has 0 saturated carbocycles. The Kier molecular flexibility index (Phi) is 16.9. The van der Waals surface area contributed by atoms with Crippen molar-refractivity contribution in [2.75, 3.05) is 5.75 Å². The third kappa shape index (κ3) is 14.0. The van der Waals surface area contributed by atoms with Gasteiger partial charge in [0.2, 0.25) is 0 Å². The minimum absolute atomic E-state index is 0.311. The summed E-state index contributed by atoms with van der Waals surface area (Å²) in [6.45, 7) is 3.23. The minimum Gasteiger partial charge on any atom is -0.481 e. The zero-order valence-electron chi connectivity index (χ0n) is 21.0. The Morgan fingerprint density at radius 1 is 0.632 bits per heavy atom. The van der Waals surface area contributed by atoms with E-state index < -0.39 is 96.3 Å². The Morgan fingerprint density at radius 2 is 1.03 bits per heavy atom. The van der Waals surface area contributed by atoms with Gasteiger partial charge < -0.3 is 30.6 Å². The van der Waals surface area contributed by atoms with Gasteiger partial charge >= 0.3 is 35.8 Å². The molecule has 15 heteroatoms. The zero-order valence-corrected chi connectivity index (χ0v) is 23.4. The number of carboxylic acid groups (broad SMARTS) is 6. The van der Waals surface area contributed by atoms with E-state index in [-0.39, 0.29) is 6.42 Å². The van der Waals surface area contributed by atoms with Gasteiger partial charge in [0.15, 0.2) is 0 Å². The molecule has 38 heavy (non-hydrogen) atoms. The molecule has 0 aromatic carbocycles. The van der Waals surface area contributed by atoms with Crippen LogP contribution >= 0.6 is 35.7 Å². The van der Waals surface area contributed by atoms with Crippen LogP contribution in [0.2, 0.25) is 0 Å². The number of thioether (sulfide) groups is 2. The summed E-state index contributed by atoms with van der Waals surface area (Å²) in [5.41, 5.74) is 0. The van der Waals surface area contributed by atoms with Crippen LogP contribution in [-0.2, 0) is 28.8 Å². The SMILES string of the molecule is CCCCSC(=S)SC(CC(CC(CC(CC(CC(C)C(=O)O)C(=O)O)C(=O)O)C(=O)O)C(=O)O)C(=O)O. The zero-order chi connectivity index (χ0) is 29.6. The fourth-order valence-corrected chi connectivity index (χ4v) is 6.39. The number of unbranched alkanes of at least 4 members (excludes halogenated alkanes) is 1. The largest absolute Gasteiger partial charge is 0.481 e.